The van der Waals surface area contributed by atoms with Crippen molar-refractivity contribution in [3.05, 3.63) is 69.5 Å². The van der Waals surface area contributed by atoms with Crippen molar-refractivity contribution >= 4 is 29.1 Å². The number of nitrogens with one attached hydrogen (secondary N) is 1. The van der Waals surface area contributed by atoms with Crippen LogP contribution in [0.1, 0.15) is 12.0 Å². The number of carbonyl (C=O) groups is 1. The Morgan fingerprint density at radius 3 is 2.65 bits per heavy atom. The van der Waals surface area contributed by atoms with Gasteiger partial charge >= 0.3 is 5.82 Å². The Labute approximate surface area is 153 Å². The van der Waals surface area contributed by atoms with E-state index in [2.05, 4.69) is 15.5 Å². The summed E-state index contributed by atoms with van der Waals surface area (Å²) < 4.78 is 2.98. The number of rotatable bonds is 7. The van der Waals surface area contributed by atoms with Crippen LogP contribution in [0.3, 0.4) is 0 Å². The third-order valence-electron chi connectivity index (χ3n) is 3.54. The molecule has 2 aromatic heterocycles. The number of amides is 1. The minimum absolute atomic E-state index is 0.0840. The van der Waals surface area contributed by atoms with Gasteiger partial charge in [0.15, 0.2) is 5.82 Å². The maximum absolute atomic E-state index is 12.1. The molecule has 134 valence electrons. The number of halogens is 1. The maximum atomic E-state index is 12.1. The third kappa shape index (κ3) is 4.45. The van der Waals surface area contributed by atoms with Gasteiger partial charge in [-0.25, -0.2) is 0 Å². The molecule has 26 heavy (non-hydrogen) atoms. The molecule has 10 heteroatoms. The first-order chi connectivity index (χ1) is 12.5. The first kappa shape index (κ1) is 17.6. The van der Waals surface area contributed by atoms with Gasteiger partial charge in [0.2, 0.25) is 5.91 Å². The molecule has 9 nitrogen and oxygen atoms in total. The first-order valence-electron chi connectivity index (χ1n) is 7.76. The molecule has 0 saturated carbocycles. The number of anilines is 1. The number of aryl methyl sites for hydroxylation is 1. The smallest absolute Gasteiger partial charge is 0.358 e. The Kier molecular flexibility index (Phi) is 5.28. The number of hydrogen-bond acceptors (Lipinski definition) is 5. The molecule has 1 amide bonds. The second kappa shape index (κ2) is 7.79. The van der Waals surface area contributed by atoms with Crippen LogP contribution in [0.4, 0.5) is 11.6 Å². The molecule has 3 aromatic rings. The van der Waals surface area contributed by atoms with E-state index in [0.717, 1.165) is 5.56 Å². The summed E-state index contributed by atoms with van der Waals surface area (Å²) in [4.78, 5) is 22.1. The molecule has 3 rings (SSSR count). The number of nitro groups is 1. The fourth-order valence-corrected chi connectivity index (χ4v) is 2.51. The number of aromatic nitrogens is 4. The lowest BCUT2D eigenvalue weighted by Gasteiger charge is -2.02. The Morgan fingerprint density at radius 1 is 1.19 bits per heavy atom. The van der Waals surface area contributed by atoms with Gasteiger partial charge in [-0.1, -0.05) is 41.9 Å². The zero-order chi connectivity index (χ0) is 18.5. The van der Waals surface area contributed by atoms with E-state index in [1.54, 1.807) is 10.9 Å². The van der Waals surface area contributed by atoms with Crippen molar-refractivity contribution < 1.29 is 9.72 Å². The molecular formula is C16H15ClN6O3. The fourth-order valence-electron chi connectivity index (χ4n) is 2.32. The molecule has 0 saturated heterocycles. The van der Waals surface area contributed by atoms with Gasteiger partial charge in [-0.15, -0.1) is 0 Å². The highest BCUT2D eigenvalue weighted by Crippen LogP contribution is 2.20. The quantitative estimate of drug-likeness (QED) is 0.505. The standard InChI is InChI=1S/C16H15ClN6O3/c17-13-11-22(10-12-4-2-1-3-5-12)20-16(13)18-15(24)7-9-21-8-6-14(19-21)23(25)26/h1-6,8,11H,7,9-10H2,(H,18,20,24). The topological polar surface area (TPSA) is 108 Å². The fraction of sp³-hybridized carbons (Fsp3) is 0.188. The molecule has 0 aliphatic rings. The van der Waals surface area contributed by atoms with Crippen LogP contribution in [0.2, 0.25) is 5.02 Å². The Morgan fingerprint density at radius 2 is 1.96 bits per heavy atom. The highest BCUT2D eigenvalue weighted by molar-refractivity contribution is 6.33. The van der Waals surface area contributed by atoms with Crippen molar-refractivity contribution in [2.45, 2.75) is 19.5 Å². The maximum Gasteiger partial charge on any atom is 0.389 e. The molecule has 0 aliphatic carbocycles. The predicted octanol–water partition coefficient (Wildman–Crippen LogP) is 2.72. The molecule has 1 aromatic carbocycles. The summed E-state index contributed by atoms with van der Waals surface area (Å²) in [5.74, 6) is -0.290. The van der Waals surface area contributed by atoms with Crippen molar-refractivity contribution in [3.8, 4) is 0 Å². The van der Waals surface area contributed by atoms with Gasteiger partial charge in [-0.2, -0.15) is 9.78 Å². The molecule has 0 spiro atoms. The van der Waals surface area contributed by atoms with Crippen LogP contribution in [-0.2, 0) is 17.9 Å². The first-order valence-corrected chi connectivity index (χ1v) is 8.13. The van der Waals surface area contributed by atoms with E-state index in [1.807, 2.05) is 30.3 Å². The molecule has 0 aliphatic heterocycles. The van der Waals surface area contributed by atoms with Gasteiger partial charge in [0.25, 0.3) is 0 Å². The van der Waals surface area contributed by atoms with Crippen LogP contribution >= 0.6 is 11.6 Å². The molecule has 2 heterocycles. The van der Waals surface area contributed by atoms with Gasteiger partial charge in [-0.05, 0) is 10.5 Å². The summed E-state index contributed by atoms with van der Waals surface area (Å²) in [7, 11) is 0. The van der Waals surface area contributed by atoms with Crippen LogP contribution < -0.4 is 5.32 Å². The molecule has 0 fully saturated rings. The molecule has 0 atom stereocenters. The normalized spacial score (nSPS) is 10.7. The van der Waals surface area contributed by atoms with Crippen molar-refractivity contribution in [2.24, 2.45) is 0 Å². The Bertz CT molecular complexity index is 921. The van der Waals surface area contributed by atoms with E-state index < -0.39 is 4.92 Å². The van der Waals surface area contributed by atoms with E-state index in [9.17, 15) is 14.9 Å². The summed E-state index contributed by atoms with van der Waals surface area (Å²) in [6.45, 7) is 0.745. The van der Waals surface area contributed by atoms with Crippen molar-refractivity contribution in [1.29, 1.82) is 0 Å². The van der Waals surface area contributed by atoms with E-state index in [4.69, 9.17) is 11.6 Å². The lowest BCUT2D eigenvalue weighted by molar-refractivity contribution is -0.389. The molecule has 0 bridgehead atoms. The Hall–Kier alpha value is -3.20. The summed E-state index contributed by atoms with van der Waals surface area (Å²) in [5.41, 5.74) is 1.06. The van der Waals surface area contributed by atoms with E-state index in [1.165, 1.54) is 16.9 Å². The van der Waals surface area contributed by atoms with Gasteiger partial charge in [0, 0.05) is 12.6 Å². The third-order valence-corrected chi connectivity index (χ3v) is 3.82. The van der Waals surface area contributed by atoms with Crippen LogP contribution in [0.15, 0.2) is 48.8 Å². The zero-order valence-corrected chi connectivity index (χ0v) is 14.3. The number of nitrogens with zero attached hydrogens (tertiary/aromatic N) is 5. The second-order valence-corrected chi connectivity index (χ2v) is 5.91. The monoisotopic (exact) mass is 374 g/mol. The van der Waals surface area contributed by atoms with Gasteiger partial charge in [0.05, 0.1) is 30.5 Å². The molecule has 0 unspecified atom stereocenters. The second-order valence-electron chi connectivity index (χ2n) is 5.50. The van der Waals surface area contributed by atoms with E-state index >= 15 is 0 Å². The van der Waals surface area contributed by atoms with Crippen molar-refractivity contribution in [2.75, 3.05) is 5.32 Å². The van der Waals surface area contributed by atoms with Gasteiger partial charge in [-0.3, -0.25) is 9.48 Å². The van der Waals surface area contributed by atoms with Crippen LogP contribution in [0.5, 0.6) is 0 Å². The average molecular weight is 375 g/mol. The van der Waals surface area contributed by atoms with Crippen molar-refractivity contribution in [1.82, 2.24) is 19.6 Å². The number of benzene rings is 1. The molecular weight excluding hydrogens is 360 g/mol. The average Bonchev–Trinajstić information content (AvgIpc) is 3.21. The summed E-state index contributed by atoms with van der Waals surface area (Å²) >= 11 is 6.12. The lowest BCUT2D eigenvalue weighted by Crippen LogP contribution is -2.15. The summed E-state index contributed by atoms with van der Waals surface area (Å²) in [5, 5.41) is 21.6. The van der Waals surface area contributed by atoms with E-state index in [-0.39, 0.29) is 30.5 Å². The van der Waals surface area contributed by atoms with Gasteiger partial charge < -0.3 is 15.4 Å². The van der Waals surface area contributed by atoms with E-state index in [0.29, 0.717) is 11.6 Å². The highest BCUT2D eigenvalue weighted by Gasteiger charge is 2.14. The highest BCUT2D eigenvalue weighted by atomic mass is 35.5. The van der Waals surface area contributed by atoms with Gasteiger partial charge in [0.1, 0.15) is 5.02 Å². The minimum atomic E-state index is -0.588. The molecule has 1 N–H and O–H groups in total. The minimum Gasteiger partial charge on any atom is -0.358 e. The lowest BCUT2D eigenvalue weighted by atomic mass is 10.2. The van der Waals surface area contributed by atoms with Crippen molar-refractivity contribution in [3.63, 3.8) is 0 Å². The SMILES string of the molecule is O=C(CCn1ccc([N+](=O)[O-])n1)Nc1nn(Cc2ccccc2)cc1Cl. The van der Waals surface area contributed by atoms with Crippen LogP contribution in [-0.4, -0.2) is 30.4 Å². The Balaban J connectivity index is 1.56. The number of carbonyl (C=O) groups excluding carboxylic acids is 1. The summed E-state index contributed by atoms with van der Waals surface area (Å²) in [6.07, 6.45) is 3.18. The van der Waals surface area contributed by atoms with Crippen LogP contribution in [0, 0.1) is 10.1 Å². The zero-order valence-electron chi connectivity index (χ0n) is 13.6. The number of hydrogen-bond donors (Lipinski definition) is 1. The van der Waals surface area contributed by atoms with Crippen LogP contribution in [0.25, 0.3) is 0 Å². The predicted molar refractivity (Wildman–Crippen MR) is 94.9 cm³/mol. The largest absolute Gasteiger partial charge is 0.389 e. The molecule has 0 radical (unpaired) electrons. The summed E-state index contributed by atoms with van der Waals surface area (Å²) in [6, 6.07) is 11.0.